The van der Waals surface area contributed by atoms with Gasteiger partial charge in [-0.25, -0.2) is 9.78 Å². The van der Waals surface area contributed by atoms with Gasteiger partial charge in [0.2, 0.25) is 0 Å². The Balaban J connectivity index is 2.39. The van der Waals surface area contributed by atoms with Gasteiger partial charge in [0.05, 0.1) is 4.92 Å². The fourth-order valence-electron chi connectivity index (χ4n) is 2.54. The smallest absolute Gasteiger partial charge is 0.321 e. The molecule has 3 rings (SSSR count). The Bertz CT molecular complexity index is 1070. The Morgan fingerprint density at radius 1 is 1.09 bits per heavy atom. The molecule has 0 N–H and O–H groups in total. The molecule has 0 bridgehead atoms. The molecule has 3 aromatic rings. The zero-order chi connectivity index (χ0) is 16.9. The molecule has 118 valence electrons. The molecule has 2 heterocycles. The summed E-state index contributed by atoms with van der Waals surface area (Å²) < 4.78 is 3.81. The summed E-state index contributed by atoms with van der Waals surface area (Å²) >= 11 is 0. The Morgan fingerprint density at radius 3 is 2.43 bits per heavy atom. The van der Waals surface area contributed by atoms with E-state index in [0.29, 0.717) is 11.4 Å². The van der Waals surface area contributed by atoms with Gasteiger partial charge >= 0.3 is 5.69 Å². The third-order valence-electron chi connectivity index (χ3n) is 3.79. The summed E-state index contributed by atoms with van der Waals surface area (Å²) in [5.41, 5.74) is -0.0251. The van der Waals surface area contributed by atoms with Gasteiger partial charge in [0.1, 0.15) is 5.82 Å². The highest BCUT2D eigenvalue weighted by atomic mass is 16.6. The van der Waals surface area contributed by atoms with Crippen molar-refractivity contribution in [1.29, 1.82) is 0 Å². The minimum atomic E-state index is -0.499. The Hall–Kier alpha value is -3.23. The molecular weight excluding hydrogens is 302 g/mol. The van der Waals surface area contributed by atoms with Crippen molar-refractivity contribution >= 4 is 16.9 Å². The zero-order valence-electron chi connectivity index (χ0n) is 12.7. The van der Waals surface area contributed by atoms with Crippen molar-refractivity contribution in [3.8, 4) is 11.4 Å². The number of benzene rings is 1. The van der Waals surface area contributed by atoms with Crippen LogP contribution < -0.4 is 11.2 Å². The summed E-state index contributed by atoms with van der Waals surface area (Å²) in [6.45, 7) is 0. The van der Waals surface area contributed by atoms with Crippen LogP contribution in [0.3, 0.4) is 0 Å². The van der Waals surface area contributed by atoms with E-state index in [1.807, 2.05) is 0 Å². The summed E-state index contributed by atoms with van der Waals surface area (Å²) in [6, 6.07) is 5.96. The van der Waals surface area contributed by atoms with Gasteiger partial charge in [-0.3, -0.25) is 24.0 Å². The predicted octanol–water partition coefficient (Wildman–Crippen LogP) is 0.546. The number of fused-ring (bicyclic) bond motifs is 1. The quantitative estimate of drug-likeness (QED) is 0.507. The highest BCUT2D eigenvalue weighted by Gasteiger charge is 2.19. The first kappa shape index (κ1) is 14.7. The van der Waals surface area contributed by atoms with E-state index < -0.39 is 16.2 Å². The molecule has 0 fully saturated rings. The van der Waals surface area contributed by atoms with Crippen LogP contribution in [0.4, 0.5) is 5.69 Å². The molecule has 0 amide bonds. The molecule has 0 saturated heterocycles. The van der Waals surface area contributed by atoms with Gasteiger partial charge in [0.15, 0.2) is 11.2 Å². The van der Waals surface area contributed by atoms with Gasteiger partial charge in [-0.1, -0.05) is 12.1 Å². The van der Waals surface area contributed by atoms with Crippen LogP contribution in [0.15, 0.2) is 33.9 Å². The van der Waals surface area contributed by atoms with E-state index in [1.54, 1.807) is 19.2 Å². The van der Waals surface area contributed by atoms with E-state index in [9.17, 15) is 19.7 Å². The summed E-state index contributed by atoms with van der Waals surface area (Å²) in [4.78, 5) is 39.1. The Kier molecular flexibility index (Phi) is 3.13. The number of rotatable bonds is 2. The van der Waals surface area contributed by atoms with E-state index in [2.05, 4.69) is 4.98 Å². The van der Waals surface area contributed by atoms with Crippen molar-refractivity contribution in [3.05, 3.63) is 55.2 Å². The lowest BCUT2D eigenvalue weighted by atomic mass is 10.2. The average molecular weight is 315 g/mol. The predicted molar refractivity (Wildman–Crippen MR) is 83.3 cm³/mol. The van der Waals surface area contributed by atoms with E-state index in [0.717, 1.165) is 4.57 Å². The van der Waals surface area contributed by atoms with Crippen LogP contribution in [0.1, 0.15) is 0 Å². The minimum absolute atomic E-state index is 0.0728. The van der Waals surface area contributed by atoms with E-state index in [4.69, 9.17) is 0 Å². The van der Waals surface area contributed by atoms with Crippen molar-refractivity contribution < 1.29 is 4.92 Å². The maximum Gasteiger partial charge on any atom is 0.332 e. The molecule has 0 radical (unpaired) electrons. The Morgan fingerprint density at radius 2 is 1.78 bits per heavy atom. The lowest BCUT2D eigenvalue weighted by molar-refractivity contribution is -0.384. The normalized spacial score (nSPS) is 11.1. The summed E-state index contributed by atoms with van der Waals surface area (Å²) in [5.74, 6) is 0.377. The van der Waals surface area contributed by atoms with Gasteiger partial charge in [0.25, 0.3) is 11.2 Å². The van der Waals surface area contributed by atoms with E-state index in [1.165, 1.54) is 35.4 Å². The molecule has 0 unspecified atom stereocenters. The zero-order valence-corrected chi connectivity index (χ0v) is 12.7. The van der Waals surface area contributed by atoms with Crippen molar-refractivity contribution in [3.63, 3.8) is 0 Å². The van der Waals surface area contributed by atoms with Crippen molar-refractivity contribution in [2.75, 3.05) is 0 Å². The van der Waals surface area contributed by atoms with Gasteiger partial charge in [0, 0.05) is 38.8 Å². The first-order valence-electron chi connectivity index (χ1n) is 6.70. The SMILES string of the molecule is Cn1c(=O)c2c(nc(-c3cccc([N+](=O)[O-])c3)n2C)n(C)c1=O. The van der Waals surface area contributed by atoms with Gasteiger partial charge in [-0.2, -0.15) is 0 Å². The van der Waals surface area contributed by atoms with Crippen LogP contribution in [0, 0.1) is 10.1 Å². The minimum Gasteiger partial charge on any atom is -0.321 e. The largest absolute Gasteiger partial charge is 0.332 e. The molecule has 0 atom stereocenters. The number of hydrogen-bond donors (Lipinski definition) is 0. The standard InChI is InChI=1S/C14H13N5O4/c1-16-10-12(17(2)14(21)18(3)13(10)20)15-11(16)8-5-4-6-9(7-8)19(22)23/h4-7H,1-3H3. The molecule has 0 saturated carbocycles. The van der Waals surface area contributed by atoms with Crippen molar-refractivity contribution in [1.82, 2.24) is 18.7 Å². The molecule has 0 spiro atoms. The number of nitro groups is 1. The number of nitrogens with zero attached hydrogens (tertiary/aromatic N) is 5. The highest BCUT2D eigenvalue weighted by Crippen LogP contribution is 2.24. The lowest BCUT2D eigenvalue weighted by Gasteiger charge is -2.03. The number of hydrogen-bond acceptors (Lipinski definition) is 5. The van der Waals surface area contributed by atoms with E-state index >= 15 is 0 Å². The summed E-state index contributed by atoms with van der Waals surface area (Å²) in [7, 11) is 4.55. The van der Waals surface area contributed by atoms with Crippen LogP contribution in [-0.4, -0.2) is 23.6 Å². The summed E-state index contributed by atoms with van der Waals surface area (Å²) in [5, 5.41) is 10.9. The number of non-ortho nitro benzene ring substituents is 1. The van der Waals surface area contributed by atoms with Crippen LogP contribution in [-0.2, 0) is 21.1 Å². The molecule has 0 aliphatic carbocycles. The van der Waals surface area contributed by atoms with Crippen molar-refractivity contribution in [2.45, 2.75) is 0 Å². The molecular formula is C14H13N5O4. The second kappa shape index (κ2) is 4.90. The third kappa shape index (κ3) is 2.05. The lowest BCUT2D eigenvalue weighted by Crippen LogP contribution is -2.37. The number of imidazole rings is 1. The third-order valence-corrected chi connectivity index (χ3v) is 3.79. The molecule has 9 nitrogen and oxygen atoms in total. The highest BCUT2D eigenvalue weighted by molar-refractivity contribution is 5.77. The fraction of sp³-hybridized carbons (Fsp3) is 0.214. The molecule has 9 heteroatoms. The second-order valence-electron chi connectivity index (χ2n) is 5.18. The molecule has 0 aliphatic heterocycles. The molecule has 2 aromatic heterocycles. The molecule has 0 aliphatic rings. The number of aryl methyl sites for hydroxylation is 2. The van der Waals surface area contributed by atoms with Crippen LogP contribution in [0.25, 0.3) is 22.6 Å². The number of nitro benzene ring substituents is 1. The van der Waals surface area contributed by atoms with Crippen molar-refractivity contribution in [2.24, 2.45) is 21.1 Å². The topological polar surface area (TPSA) is 105 Å². The average Bonchev–Trinajstić information content (AvgIpc) is 2.88. The first-order valence-corrected chi connectivity index (χ1v) is 6.70. The fourth-order valence-corrected chi connectivity index (χ4v) is 2.54. The van der Waals surface area contributed by atoms with Gasteiger partial charge < -0.3 is 4.57 Å². The number of aromatic nitrogens is 4. The maximum absolute atomic E-state index is 12.3. The Labute approximate surface area is 129 Å². The second-order valence-corrected chi connectivity index (χ2v) is 5.18. The van der Waals surface area contributed by atoms with Crippen LogP contribution in [0.2, 0.25) is 0 Å². The molecule has 1 aromatic carbocycles. The van der Waals surface area contributed by atoms with Gasteiger partial charge in [-0.15, -0.1) is 0 Å². The van der Waals surface area contributed by atoms with Crippen LogP contribution >= 0.6 is 0 Å². The molecule has 23 heavy (non-hydrogen) atoms. The first-order chi connectivity index (χ1) is 10.8. The van der Waals surface area contributed by atoms with E-state index in [-0.39, 0.29) is 16.9 Å². The summed E-state index contributed by atoms with van der Waals surface area (Å²) in [6.07, 6.45) is 0. The monoisotopic (exact) mass is 315 g/mol. The van der Waals surface area contributed by atoms with Gasteiger partial charge in [-0.05, 0) is 0 Å². The van der Waals surface area contributed by atoms with Crippen LogP contribution in [0.5, 0.6) is 0 Å². The maximum atomic E-state index is 12.3.